The fourth-order valence-corrected chi connectivity index (χ4v) is 5.43. The van der Waals surface area contributed by atoms with Crippen LogP contribution in [-0.4, -0.2) is 16.7 Å². The maximum Gasteiger partial charge on any atom is 0.350 e. The zero-order valence-electron chi connectivity index (χ0n) is 13.6. The molecule has 1 aliphatic rings. The van der Waals surface area contributed by atoms with Gasteiger partial charge < -0.3 is 4.74 Å². The lowest BCUT2D eigenvalue weighted by Gasteiger charge is -2.10. The van der Waals surface area contributed by atoms with Crippen LogP contribution in [0.15, 0.2) is 46.5 Å². The lowest BCUT2D eigenvalue weighted by Crippen LogP contribution is -2.41. The van der Waals surface area contributed by atoms with Gasteiger partial charge in [0.25, 0.3) is 5.88 Å². The Morgan fingerprint density at radius 3 is 2.76 bits per heavy atom. The van der Waals surface area contributed by atoms with Gasteiger partial charge in [0, 0.05) is 11.1 Å². The standard InChI is InChI=1S/C17H15ClN3O2S2/c1-20-15(23-2)13(10-6-4-3-5-7-10)14(22)21-9-12(25-17(20)21)11-8-19-16(18)24-11/h3-8,12H,9H2,1-2H3/q+1. The Kier molecular flexibility index (Phi) is 4.31. The van der Waals surface area contributed by atoms with E-state index >= 15 is 0 Å². The second-order valence-electron chi connectivity index (χ2n) is 5.63. The maximum atomic E-state index is 13.2. The quantitative estimate of drug-likeness (QED) is 0.507. The van der Waals surface area contributed by atoms with Crippen molar-refractivity contribution in [3.63, 3.8) is 0 Å². The van der Waals surface area contributed by atoms with E-state index < -0.39 is 0 Å². The number of nitrogens with zero attached hydrogens (tertiary/aromatic N) is 3. The Morgan fingerprint density at radius 2 is 2.12 bits per heavy atom. The summed E-state index contributed by atoms with van der Waals surface area (Å²) in [6.07, 6.45) is 1.79. The van der Waals surface area contributed by atoms with Crippen LogP contribution in [0, 0.1) is 0 Å². The molecule has 1 atom stereocenters. The summed E-state index contributed by atoms with van der Waals surface area (Å²) in [4.78, 5) is 18.4. The fraction of sp³-hybridized carbons (Fsp3) is 0.235. The van der Waals surface area contributed by atoms with Gasteiger partial charge in [-0.1, -0.05) is 41.9 Å². The number of aromatic nitrogens is 3. The van der Waals surface area contributed by atoms with Crippen molar-refractivity contribution in [2.75, 3.05) is 7.11 Å². The van der Waals surface area contributed by atoms with Crippen LogP contribution in [0.1, 0.15) is 10.1 Å². The van der Waals surface area contributed by atoms with Crippen LogP contribution in [0.2, 0.25) is 4.47 Å². The van der Waals surface area contributed by atoms with Crippen molar-refractivity contribution >= 4 is 34.7 Å². The molecule has 0 saturated carbocycles. The van der Waals surface area contributed by atoms with E-state index in [1.807, 2.05) is 46.5 Å². The molecule has 0 fully saturated rings. The molecule has 2 aromatic heterocycles. The highest BCUT2D eigenvalue weighted by Crippen LogP contribution is 2.43. The third-order valence-electron chi connectivity index (χ3n) is 4.16. The Bertz CT molecular complexity index is 1000. The third-order valence-corrected chi connectivity index (χ3v) is 6.93. The van der Waals surface area contributed by atoms with E-state index in [9.17, 15) is 4.79 Å². The molecule has 0 amide bonds. The van der Waals surface area contributed by atoms with E-state index in [4.69, 9.17) is 16.3 Å². The number of benzene rings is 1. The predicted molar refractivity (Wildman–Crippen MR) is 99.6 cm³/mol. The van der Waals surface area contributed by atoms with Crippen LogP contribution in [0.4, 0.5) is 0 Å². The lowest BCUT2D eigenvalue weighted by atomic mass is 10.1. The molecule has 1 unspecified atom stereocenters. The largest absolute Gasteiger partial charge is 0.465 e. The van der Waals surface area contributed by atoms with Gasteiger partial charge in [-0.05, 0) is 17.3 Å². The Labute approximate surface area is 157 Å². The monoisotopic (exact) mass is 392 g/mol. The number of fused-ring (bicyclic) bond motifs is 1. The van der Waals surface area contributed by atoms with Gasteiger partial charge in [-0.3, -0.25) is 0 Å². The molecule has 1 aliphatic heterocycles. The lowest BCUT2D eigenvalue weighted by molar-refractivity contribution is -0.718. The zero-order valence-corrected chi connectivity index (χ0v) is 16.0. The summed E-state index contributed by atoms with van der Waals surface area (Å²) in [7, 11) is 3.52. The van der Waals surface area contributed by atoms with Crippen LogP contribution in [-0.2, 0) is 13.6 Å². The van der Waals surface area contributed by atoms with Crippen molar-refractivity contribution in [3.8, 4) is 17.0 Å². The molecule has 1 aromatic carbocycles. The zero-order chi connectivity index (χ0) is 17.6. The topological polar surface area (TPSA) is 48.0 Å². The van der Waals surface area contributed by atoms with Gasteiger partial charge in [-0.2, -0.15) is 9.13 Å². The summed E-state index contributed by atoms with van der Waals surface area (Å²) in [5, 5.41) is 0.996. The van der Waals surface area contributed by atoms with E-state index in [0.717, 1.165) is 15.6 Å². The number of halogens is 1. The first kappa shape index (κ1) is 16.6. The second kappa shape index (κ2) is 6.48. The SMILES string of the molecule is COc1c(-c2ccccc2)c(=O)n2c([n+]1C)SC(c1cnc(Cl)s1)C2. The van der Waals surface area contributed by atoms with Crippen LogP contribution in [0.3, 0.4) is 0 Å². The molecule has 0 spiro atoms. The molecule has 3 heterocycles. The van der Waals surface area contributed by atoms with Gasteiger partial charge in [0.15, 0.2) is 10.0 Å². The van der Waals surface area contributed by atoms with Gasteiger partial charge >= 0.3 is 10.7 Å². The molecule has 0 N–H and O–H groups in total. The normalized spacial score (nSPS) is 16.0. The van der Waals surface area contributed by atoms with E-state index in [1.165, 1.54) is 11.3 Å². The Hall–Kier alpha value is -1.83. The minimum absolute atomic E-state index is 0.0400. The van der Waals surface area contributed by atoms with Crippen molar-refractivity contribution in [1.82, 2.24) is 9.55 Å². The highest BCUT2D eigenvalue weighted by molar-refractivity contribution is 7.99. The van der Waals surface area contributed by atoms with Crippen molar-refractivity contribution in [2.45, 2.75) is 17.0 Å². The van der Waals surface area contributed by atoms with Crippen molar-refractivity contribution in [3.05, 3.63) is 56.2 Å². The highest BCUT2D eigenvalue weighted by atomic mass is 35.5. The Morgan fingerprint density at radius 1 is 1.36 bits per heavy atom. The summed E-state index contributed by atoms with van der Waals surface area (Å²) in [6, 6.07) is 9.62. The van der Waals surface area contributed by atoms with Gasteiger partial charge in [0.1, 0.15) is 6.54 Å². The molecule has 5 nitrogen and oxygen atoms in total. The minimum atomic E-state index is -0.0400. The van der Waals surface area contributed by atoms with Gasteiger partial charge in [-0.15, -0.1) is 11.3 Å². The maximum absolute atomic E-state index is 13.2. The average molecular weight is 393 g/mol. The molecule has 25 heavy (non-hydrogen) atoms. The molecule has 0 radical (unpaired) electrons. The summed E-state index contributed by atoms with van der Waals surface area (Å²) < 4.78 is 9.86. The number of methoxy groups -OCH3 is 1. The molecular weight excluding hydrogens is 378 g/mol. The first-order chi connectivity index (χ1) is 12.1. The molecule has 128 valence electrons. The van der Waals surface area contributed by atoms with Gasteiger partial charge in [-0.25, -0.2) is 9.78 Å². The molecule has 4 rings (SSSR count). The number of hydrogen-bond acceptors (Lipinski definition) is 5. The number of ether oxygens (including phenoxy) is 1. The summed E-state index contributed by atoms with van der Waals surface area (Å²) in [5.74, 6) is 0.568. The predicted octanol–water partition coefficient (Wildman–Crippen LogP) is 3.31. The molecule has 0 aliphatic carbocycles. The van der Waals surface area contributed by atoms with Crippen molar-refractivity contribution < 1.29 is 9.30 Å². The third kappa shape index (κ3) is 2.76. The number of thioether (sulfide) groups is 1. The van der Waals surface area contributed by atoms with E-state index in [-0.39, 0.29) is 10.8 Å². The van der Waals surface area contributed by atoms with Gasteiger partial charge in [0.05, 0.1) is 19.4 Å². The molecule has 0 bridgehead atoms. The first-order valence-corrected chi connectivity index (χ1v) is 9.71. The van der Waals surface area contributed by atoms with E-state index in [1.54, 1.807) is 25.1 Å². The van der Waals surface area contributed by atoms with E-state index in [0.29, 0.717) is 22.5 Å². The smallest absolute Gasteiger partial charge is 0.350 e. The number of thiazole rings is 1. The fourth-order valence-electron chi connectivity index (χ4n) is 3.03. The Balaban J connectivity index is 1.87. The summed E-state index contributed by atoms with van der Waals surface area (Å²) in [6.45, 7) is 0.592. The molecule has 0 saturated heterocycles. The summed E-state index contributed by atoms with van der Waals surface area (Å²) >= 11 is 9.06. The van der Waals surface area contributed by atoms with Gasteiger partial charge in [0.2, 0.25) is 0 Å². The summed E-state index contributed by atoms with van der Waals surface area (Å²) in [5.41, 5.74) is 1.39. The molecule has 8 heteroatoms. The van der Waals surface area contributed by atoms with E-state index in [2.05, 4.69) is 4.98 Å². The van der Waals surface area contributed by atoms with Crippen LogP contribution in [0.5, 0.6) is 5.88 Å². The first-order valence-electron chi connectivity index (χ1n) is 7.64. The van der Waals surface area contributed by atoms with Crippen molar-refractivity contribution in [2.24, 2.45) is 7.05 Å². The highest BCUT2D eigenvalue weighted by Gasteiger charge is 2.38. The number of hydrogen-bond donors (Lipinski definition) is 0. The minimum Gasteiger partial charge on any atom is -0.465 e. The van der Waals surface area contributed by atoms with Crippen molar-refractivity contribution in [1.29, 1.82) is 0 Å². The number of rotatable bonds is 3. The van der Waals surface area contributed by atoms with Crippen LogP contribution < -0.4 is 14.9 Å². The molecular formula is C17H15ClN3O2S2+. The van der Waals surface area contributed by atoms with Crippen LogP contribution >= 0.6 is 34.7 Å². The molecule has 3 aromatic rings. The average Bonchev–Trinajstić information content (AvgIpc) is 3.25. The second-order valence-corrected chi connectivity index (χ2v) is 8.44. The van der Waals surface area contributed by atoms with Crippen LogP contribution in [0.25, 0.3) is 11.1 Å².